The van der Waals surface area contributed by atoms with E-state index < -0.39 is 17.7 Å². The van der Waals surface area contributed by atoms with Crippen molar-refractivity contribution in [2.45, 2.75) is 19.6 Å². The summed E-state index contributed by atoms with van der Waals surface area (Å²) >= 11 is 3.47. The number of carbonyl (C=O) groups excluding carboxylic acids is 2. The fourth-order valence-corrected chi connectivity index (χ4v) is 4.45. The van der Waals surface area contributed by atoms with Gasteiger partial charge in [0.2, 0.25) is 0 Å². The number of likely N-dealkylation sites (tertiary alicyclic amines) is 1. The minimum Gasteiger partial charge on any atom is -0.507 e. The molecule has 7 heteroatoms. The van der Waals surface area contributed by atoms with Gasteiger partial charge in [-0.15, -0.1) is 0 Å². The summed E-state index contributed by atoms with van der Waals surface area (Å²) in [6.45, 7) is 3.27. The van der Waals surface area contributed by atoms with Crippen molar-refractivity contribution in [3.05, 3.63) is 105 Å². The van der Waals surface area contributed by atoms with E-state index in [0.29, 0.717) is 31.0 Å². The van der Waals surface area contributed by atoms with E-state index >= 15 is 0 Å². The van der Waals surface area contributed by atoms with Crippen LogP contribution in [0.1, 0.15) is 28.3 Å². The Labute approximate surface area is 219 Å². The number of hydrogen-bond donors (Lipinski definition) is 1. The Balaban J connectivity index is 1.69. The minimum atomic E-state index is -0.697. The van der Waals surface area contributed by atoms with Crippen LogP contribution >= 0.6 is 15.9 Å². The molecule has 1 aliphatic heterocycles. The van der Waals surface area contributed by atoms with E-state index in [-0.39, 0.29) is 11.3 Å². The van der Waals surface area contributed by atoms with Crippen LogP contribution in [0, 0.1) is 6.92 Å². The van der Waals surface area contributed by atoms with Crippen molar-refractivity contribution in [1.29, 1.82) is 0 Å². The number of hydrogen-bond acceptors (Lipinski definition) is 5. The van der Waals surface area contributed by atoms with E-state index in [4.69, 9.17) is 4.74 Å². The lowest BCUT2D eigenvalue weighted by Crippen LogP contribution is -2.35. The lowest BCUT2D eigenvalue weighted by Gasteiger charge is -2.26. The number of carbonyl (C=O) groups is 2. The second-order valence-electron chi connectivity index (χ2n) is 9.10. The zero-order chi connectivity index (χ0) is 25.8. The third-order valence-electron chi connectivity index (χ3n) is 6.20. The molecule has 6 nitrogen and oxygen atoms in total. The zero-order valence-corrected chi connectivity index (χ0v) is 22.2. The van der Waals surface area contributed by atoms with Crippen LogP contribution in [0.4, 0.5) is 0 Å². The first-order chi connectivity index (χ1) is 17.3. The van der Waals surface area contributed by atoms with Crippen molar-refractivity contribution in [1.82, 2.24) is 9.80 Å². The van der Waals surface area contributed by atoms with Crippen molar-refractivity contribution >= 4 is 33.4 Å². The number of likely N-dealkylation sites (N-methyl/N-ethyl adjacent to an activating group) is 1. The van der Waals surface area contributed by atoms with E-state index in [1.807, 2.05) is 86.6 Å². The summed E-state index contributed by atoms with van der Waals surface area (Å²) in [7, 11) is 3.82. The summed E-state index contributed by atoms with van der Waals surface area (Å²) in [6, 6.07) is 21.9. The Kier molecular flexibility index (Phi) is 7.91. The number of Topliss-reactive ketones (excluding diaryl/α,β-unsaturated/α-hetero) is 1. The van der Waals surface area contributed by atoms with Gasteiger partial charge in [-0.2, -0.15) is 0 Å². The molecule has 1 atom stereocenters. The van der Waals surface area contributed by atoms with Crippen LogP contribution in [0.3, 0.4) is 0 Å². The van der Waals surface area contributed by atoms with Crippen molar-refractivity contribution in [3.8, 4) is 5.75 Å². The Bertz CT molecular complexity index is 1290. The molecule has 4 rings (SSSR count). The lowest BCUT2D eigenvalue weighted by molar-refractivity contribution is -0.140. The summed E-state index contributed by atoms with van der Waals surface area (Å²) in [5.41, 5.74) is 3.30. The molecule has 1 heterocycles. The maximum Gasteiger partial charge on any atom is 0.295 e. The third kappa shape index (κ3) is 5.53. The summed E-state index contributed by atoms with van der Waals surface area (Å²) in [6.07, 6.45) is 0. The largest absolute Gasteiger partial charge is 0.507 e. The number of rotatable bonds is 8. The Morgan fingerprint density at radius 1 is 1.03 bits per heavy atom. The van der Waals surface area contributed by atoms with Gasteiger partial charge < -0.3 is 19.6 Å². The van der Waals surface area contributed by atoms with Gasteiger partial charge in [0, 0.05) is 23.1 Å². The van der Waals surface area contributed by atoms with Crippen molar-refractivity contribution < 1.29 is 19.4 Å². The summed E-state index contributed by atoms with van der Waals surface area (Å²) in [4.78, 5) is 29.8. The third-order valence-corrected chi connectivity index (χ3v) is 7.09. The van der Waals surface area contributed by atoms with Crippen LogP contribution < -0.4 is 4.74 Å². The molecule has 0 aliphatic carbocycles. The number of aliphatic hydroxyl groups excluding tert-OH is 1. The fraction of sp³-hybridized carbons (Fsp3) is 0.241. The molecule has 0 saturated carbocycles. The van der Waals surface area contributed by atoms with E-state index in [2.05, 4.69) is 15.9 Å². The Morgan fingerprint density at radius 2 is 1.72 bits per heavy atom. The van der Waals surface area contributed by atoms with Crippen LogP contribution in [0.15, 0.2) is 82.8 Å². The molecule has 0 aromatic heterocycles. The van der Waals surface area contributed by atoms with Crippen LogP contribution in [-0.2, 0) is 16.2 Å². The molecular formula is C29H29BrN2O4. The molecule has 1 amide bonds. The molecule has 3 aromatic rings. The summed E-state index contributed by atoms with van der Waals surface area (Å²) in [5, 5.41) is 11.2. The molecule has 1 N–H and O–H groups in total. The predicted octanol–water partition coefficient (Wildman–Crippen LogP) is 5.32. The number of halogens is 1. The Morgan fingerprint density at radius 3 is 2.36 bits per heavy atom. The standard InChI is InChI=1S/C29H29BrN2O4/c1-19-17-22(11-14-24(19)30)27(33)25-26(32(16-15-31(2)3)29(35)28(25)34)21-9-12-23(13-10-21)36-18-20-7-5-4-6-8-20/h4-14,17,26,33H,15-16,18H2,1-3H3/b27-25-. The average molecular weight is 549 g/mol. The molecular weight excluding hydrogens is 520 g/mol. The summed E-state index contributed by atoms with van der Waals surface area (Å²) in [5.74, 6) is -0.787. The number of nitrogens with zero attached hydrogens (tertiary/aromatic N) is 2. The van der Waals surface area contributed by atoms with Gasteiger partial charge in [0.05, 0.1) is 11.6 Å². The smallest absolute Gasteiger partial charge is 0.295 e. The number of amides is 1. The molecule has 0 bridgehead atoms. The summed E-state index contributed by atoms with van der Waals surface area (Å²) < 4.78 is 6.80. The SMILES string of the molecule is Cc1cc(/C(O)=C2/C(=O)C(=O)N(CCN(C)C)C2c2ccc(OCc3ccccc3)cc2)ccc1Br. The first kappa shape index (κ1) is 25.7. The van der Waals surface area contributed by atoms with Crippen LogP contribution in [-0.4, -0.2) is 53.8 Å². The van der Waals surface area contributed by atoms with Gasteiger partial charge in [-0.05, 0) is 62.0 Å². The van der Waals surface area contributed by atoms with Gasteiger partial charge in [-0.3, -0.25) is 9.59 Å². The van der Waals surface area contributed by atoms with Crippen molar-refractivity contribution in [2.24, 2.45) is 0 Å². The first-order valence-electron chi connectivity index (χ1n) is 11.7. The van der Waals surface area contributed by atoms with Gasteiger partial charge >= 0.3 is 0 Å². The van der Waals surface area contributed by atoms with Gasteiger partial charge in [-0.25, -0.2) is 0 Å². The molecule has 1 saturated heterocycles. The second kappa shape index (κ2) is 11.1. The highest BCUT2D eigenvalue weighted by Crippen LogP contribution is 2.40. The van der Waals surface area contributed by atoms with Crippen molar-refractivity contribution in [2.75, 3.05) is 27.2 Å². The van der Waals surface area contributed by atoms with Crippen molar-refractivity contribution in [3.63, 3.8) is 0 Å². The molecule has 1 fully saturated rings. The highest BCUT2D eigenvalue weighted by molar-refractivity contribution is 9.10. The topological polar surface area (TPSA) is 70.1 Å². The predicted molar refractivity (Wildman–Crippen MR) is 144 cm³/mol. The monoisotopic (exact) mass is 548 g/mol. The van der Waals surface area contributed by atoms with Gasteiger partial charge in [0.1, 0.15) is 18.1 Å². The lowest BCUT2D eigenvalue weighted by atomic mass is 9.95. The second-order valence-corrected chi connectivity index (χ2v) is 9.96. The minimum absolute atomic E-state index is 0.0958. The molecule has 0 radical (unpaired) electrons. The molecule has 3 aromatic carbocycles. The number of ketones is 1. The molecule has 1 unspecified atom stereocenters. The molecule has 36 heavy (non-hydrogen) atoms. The quantitative estimate of drug-likeness (QED) is 0.234. The Hall–Kier alpha value is -3.42. The van der Waals surface area contributed by atoms with Crippen LogP contribution in [0.5, 0.6) is 5.75 Å². The van der Waals surface area contributed by atoms with Gasteiger partial charge in [0.25, 0.3) is 11.7 Å². The highest BCUT2D eigenvalue weighted by Gasteiger charge is 2.45. The number of aryl methyl sites for hydroxylation is 1. The molecule has 186 valence electrons. The highest BCUT2D eigenvalue weighted by atomic mass is 79.9. The van der Waals surface area contributed by atoms with Gasteiger partial charge in [-0.1, -0.05) is 64.5 Å². The number of ether oxygens (including phenoxy) is 1. The van der Waals surface area contributed by atoms with Gasteiger partial charge in [0.15, 0.2) is 0 Å². The normalized spacial score (nSPS) is 17.1. The maximum atomic E-state index is 13.2. The van der Waals surface area contributed by atoms with E-state index in [1.165, 1.54) is 0 Å². The average Bonchev–Trinajstić information content (AvgIpc) is 3.13. The zero-order valence-electron chi connectivity index (χ0n) is 20.6. The van der Waals surface area contributed by atoms with Crippen LogP contribution in [0.2, 0.25) is 0 Å². The van der Waals surface area contributed by atoms with E-state index in [9.17, 15) is 14.7 Å². The number of aliphatic hydroxyl groups is 1. The number of benzene rings is 3. The maximum absolute atomic E-state index is 13.2. The van der Waals surface area contributed by atoms with Crippen LogP contribution in [0.25, 0.3) is 5.76 Å². The first-order valence-corrected chi connectivity index (χ1v) is 12.5. The van der Waals surface area contributed by atoms with E-state index in [0.717, 1.165) is 21.2 Å². The van der Waals surface area contributed by atoms with E-state index in [1.54, 1.807) is 17.0 Å². The fourth-order valence-electron chi connectivity index (χ4n) is 4.20. The molecule has 0 spiro atoms. The molecule has 1 aliphatic rings.